The molecular formula is C19H29N3O4. The van der Waals surface area contributed by atoms with E-state index in [0.29, 0.717) is 49.1 Å². The van der Waals surface area contributed by atoms with Crippen molar-refractivity contribution in [3.63, 3.8) is 0 Å². The van der Waals surface area contributed by atoms with Crippen LogP contribution in [-0.4, -0.2) is 66.2 Å². The Bertz CT molecular complexity index is 655. The smallest absolute Gasteiger partial charge is 0.259 e. The van der Waals surface area contributed by atoms with Crippen molar-refractivity contribution in [1.82, 2.24) is 15.0 Å². The van der Waals surface area contributed by atoms with Crippen molar-refractivity contribution >= 4 is 11.8 Å². The summed E-state index contributed by atoms with van der Waals surface area (Å²) in [6, 6.07) is 0. The average molecular weight is 363 g/mol. The molecule has 2 amide bonds. The lowest BCUT2D eigenvalue weighted by molar-refractivity contribution is -0.139. The maximum Gasteiger partial charge on any atom is 0.259 e. The highest BCUT2D eigenvalue weighted by molar-refractivity contribution is 5.96. The standard InChI is InChI=1S/C19H29N3O4/c1-13-17(14(2)26-20-13)18(24)22-8-6-19(7-9-22)12-15(5-10-25-19)11-16(23)21(3)4/h15H,5-12H2,1-4H3. The van der Waals surface area contributed by atoms with Crippen LogP contribution in [0.25, 0.3) is 0 Å². The Morgan fingerprint density at radius 2 is 1.96 bits per heavy atom. The number of carbonyl (C=O) groups is 2. The monoisotopic (exact) mass is 363 g/mol. The second kappa shape index (κ2) is 7.39. The topological polar surface area (TPSA) is 75.9 Å². The second-order valence-electron chi connectivity index (χ2n) is 7.87. The Balaban J connectivity index is 1.60. The number of amides is 2. The average Bonchev–Trinajstić information content (AvgIpc) is 2.93. The molecule has 3 rings (SSSR count). The van der Waals surface area contributed by atoms with Crippen molar-refractivity contribution in [3.8, 4) is 0 Å². The van der Waals surface area contributed by atoms with E-state index in [4.69, 9.17) is 9.26 Å². The van der Waals surface area contributed by atoms with E-state index in [1.165, 1.54) is 0 Å². The fourth-order valence-electron chi connectivity index (χ4n) is 4.15. The molecule has 0 saturated carbocycles. The minimum absolute atomic E-state index is 0.00811. The van der Waals surface area contributed by atoms with Crippen molar-refractivity contribution in [1.29, 1.82) is 0 Å². The third kappa shape index (κ3) is 3.77. The summed E-state index contributed by atoms with van der Waals surface area (Å²) in [6.07, 6.45) is 4.05. The summed E-state index contributed by atoms with van der Waals surface area (Å²) in [5, 5.41) is 3.88. The first-order chi connectivity index (χ1) is 12.3. The molecule has 1 unspecified atom stereocenters. The van der Waals surface area contributed by atoms with Crippen LogP contribution < -0.4 is 0 Å². The molecular weight excluding hydrogens is 334 g/mol. The number of ether oxygens (including phenoxy) is 1. The zero-order valence-corrected chi connectivity index (χ0v) is 16.2. The maximum absolute atomic E-state index is 12.8. The normalized spacial score (nSPS) is 22.5. The van der Waals surface area contributed by atoms with Crippen LogP contribution in [0.4, 0.5) is 0 Å². The van der Waals surface area contributed by atoms with E-state index < -0.39 is 0 Å². The summed E-state index contributed by atoms with van der Waals surface area (Å²) in [5.74, 6) is 1.11. The molecule has 7 nitrogen and oxygen atoms in total. The van der Waals surface area contributed by atoms with Gasteiger partial charge in [-0.1, -0.05) is 5.16 Å². The first kappa shape index (κ1) is 18.9. The highest BCUT2D eigenvalue weighted by Crippen LogP contribution is 2.39. The van der Waals surface area contributed by atoms with Crippen LogP contribution in [0.3, 0.4) is 0 Å². The van der Waals surface area contributed by atoms with Gasteiger partial charge in [0.05, 0.1) is 11.3 Å². The number of likely N-dealkylation sites (tertiary alicyclic amines) is 1. The molecule has 2 fully saturated rings. The van der Waals surface area contributed by atoms with Gasteiger partial charge in [-0.2, -0.15) is 0 Å². The molecule has 2 saturated heterocycles. The van der Waals surface area contributed by atoms with E-state index in [-0.39, 0.29) is 17.4 Å². The summed E-state index contributed by atoms with van der Waals surface area (Å²) in [5.41, 5.74) is 1.04. The lowest BCUT2D eigenvalue weighted by Gasteiger charge is -2.46. The highest BCUT2D eigenvalue weighted by Gasteiger charge is 2.42. The Morgan fingerprint density at radius 3 is 2.54 bits per heavy atom. The van der Waals surface area contributed by atoms with Crippen LogP contribution in [0.1, 0.15) is 53.9 Å². The van der Waals surface area contributed by atoms with Crippen LogP contribution in [0.5, 0.6) is 0 Å². The van der Waals surface area contributed by atoms with Crippen LogP contribution in [-0.2, 0) is 9.53 Å². The van der Waals surface area contributed by atoms with Crippen molar-refractivity contribution < 1.29 is 18.8 Å². The highest BCUT2D eigenvalue weighted by atomic mass is 16.5. The fraction of sp³-hybridized carbons (Fsp3) is 0.737. The van der Waals surface area contributed by atoms with E-state index >= 15 is 0 Å². The molecule has 26 heavy (non-hydrogen) atoms. The van der Waals surface area contributed by atoms with Crippen LogP contribution >= 0.6 is 0 Å². The summed E-state index contributed by atoms with van der Waals surface area (Å²) in [7, 11) is 3.60. The van der Waals surface area contributed by atoms with Gasteiger partial charge in [-0.15, -0.1) is 0 Å². The van der Waals surface area contributed by atoms with E-state index in [9.17, 15) is 9.59 Å². The number of hydrogen-bond donors (Lipinski definition) is 0. The van der Waals surface area contributed by atoms with E-state index in [2.05, 4.69) is 5.16 Å². The van der Waals surface area contributed by atoms with E-state index in [1.54, 1.807) is 32.8 Å². The van der Waals surface area contributed by atoms with Gasteiger partial charge in [0, 0.05) is 40.2 Å². The number of aryl methyl sites for hydroxylation is 2. The zero-order chi connectivity index (χ0) is 18.9. The van der Waals surface area contributed by atoms with E-state index in [1.807, 2.05) is 4.90 Å². The summed E-state index contributed by atoms with van der Waals surface area (Å²) >= 11 is 0. The van der Waals surface area contributed by atoms with Gasteiger partial charge in [0.1, 0.15) is 11.3 Å². The molecule has 0 radical (unpaired) electrons. The molecule has 1 aromatic heterocycles. The fourth-order valence-corrected chi connectivity index (χ4v) is 4.15. The Hall–Kier alpha value is -1.89. The van der Waals surface area contributed by atoms with Gasteiger partial charge < -0.3 is 19.1 Å². The quantitative estimate of drug-likeness (QED) is 0.823. The van der Waals surface area contributed by atoms with Gasteiger partial charge in [-0.3, -0.25) is 9.59 Å². The molecule has 2 aliphatic heterocycles. The first-order valence-electron chi connectivity index (χ1n) is 9.37. The van der Waals surface area contributed by atoms with Gasteiger partial charge >= 0.3 is 0 Å². The third-order valence-electron chi connectivity index (χ3n) is 5.77. The molecule has 1 spiro atoms. The number of rotatable bonds is 3. The molecule has 7 heteroatoms. The number of aromatic nitrogens is 1. The minimum Gasteiger partial charge on any atom is -0.375 e. The molecule has 2 aliphatic rings. The third-order valence-corrected chi connectivity index (χ3v) is 5.77. The molecule has 3 heterocycles. The van der Waals surface area contributed by atoms with Gasteiger partial charge in [0.25, 0.3) is 5.91 Å². The van der Waals surface area contributed by atoms with Crippen LogP contribution in [0, 0.1) is 19.8 Å². The van der Waals surface area contributed by atoms with Gasteiger partial charge in [-0.25, -0.2) is 0 Å². The molecule has 0 N–H and O–H groups in total. The van der Waals surface area contributed by atoms with Crippen molar-refractivity contribution in [2.75, 3.05) is 33.8 Å². The minimum atomic E-state index is -0.189. The number of hydrogen-bond acceptors (Lipinski definition) is 5. The van der Waals surface area contributed by atoms with Gasteiger partial charge in [0.2, 0.25) is 5.91 Å². The lowest BCUT2D eigenvalue weighted by Crippen LogP contribution is -2.51. The van der Waals surface area contributed by atoms with Gasteiger partial charge in [0.15, 0.2) is 0 Å². The first-order valence-corrected chi connectivity index (χ1v) is 9.37. The molecule has 0 aliphatic carbocycles. The molecule has 0 bridgehead atoms. The second-order valence-corrected chi connectivity index (χ2v) is 7.87. The van der Waals surface area contributed by atoms with Crippen molar-refractivity contribution in [2.45, 2.75) is 51.6 Å². The summed E-state index contributed by atoms with van der Waals surface area (Å²) in [4.78, 5) is 28.4. The number of carbonyl (C=O) groups excluding carboxylic acids is 2. The Labute approximate surface area is 154 Å². The lowest BCUT2D eigenvalue weighted by atomic mass is 9.78. The predicted molar refractivity (Wildman–Crippen MR) is 95.8 cm³/mol. The summed E-state index contributed by atoms with van der Waals surface area (Å²) in [6.45, 7) is 5.60. The van der Waals surface area contributed by atoms with Crippen molar-refractivity contribution in [3.05, 3.63) is 17.0 Å². The zero-order valence-electron chi connectivity index (χ0n) is 16.2. The molecule has 144 valence electrons. The molecule has 1 atom stereocenters. The number of nitrogens with zero attached hydrogens (tertiary/aromatic N) is 3. The van der Waals surface area contributed by atoms with E-state index in [0.717, 1.165) is 25.7 Å². The van der Waals surface area contributed by atoms with Crippen molar-refractivity contribution in [2.24, 2.45) is 5.92 Å². The van der Waals surface area contributed by atoms with Crippen LogP contribution in [0.15, 0.2) is 4.52 Å². The SMILES string of the molecule is Cc1noc(C)c1C(=O)N1CCC2(CC1)CC(CC(=O)N(C)C)CCO2. The van der Waals surface area contributed by atoms with Crippen LogP contribution in [0.2, 0.25) is 0 Å². The predicted octanol–water partition coefficient (Wildman–Crippen LogP) is 2.17. The molecule has 1 aromatic rings. The number of piperidine rings is 1. The van der Waals surface area contributed by atoms with Gasteiger partial charge in [-0.05, 0) is 45.4 Å². The Kier molecular flexibility index (Phi) is 5.37. The maximum atomic E-state index is 12.8. The summed E-state index contributed by atoms with van der Waals surface area (Å²) < 4.78 is 11.3. The Morgan fingerprint density at radius 1 is 1.27 bits per heavy atom. The largest absolute Gasteiger partial charge is 0.375 e. The molecule has 0 aromatic carbocycles.